The van der Waals surface area contributed by atoms with Gasteiger partial charge in [0.1, 0.15) is 5.75 Å². The van der Waals surface area contributed by atoms with Crippen LogP contribution in [-0.4, -0.2) is 4.98 Å². The molecule has 0 aliphatic carbocycles. The van der Waals surface area contributed by atoms with Crippen LogP contribution in [-0.2, 0) is 13.0 Å². The van der Waals surface area contributed by atoms with Gasteiger partial charge in [0.15, 0.2) is 0 Å². The van der Waals surface area contributed by atoms with Gasteiger partial charge in [0.05, 0.1) is 0 Å². The van der Waals surface area contributed by atoms with E-state index in [1.807, 2.05) is 24.3 Å². The van der Waals surface area contributed by atoms with Crippen molar-refractivity contribution in [3.63, 3.8) is 0 Å². The molecule has 3 nitrogen and oxygen atoms in total. The first-order valence-corrected chi connectivity index (χ1v) is 6.63. The number of aromatic nitrogens is 1. The lowest BCUT2D eigenvalue weighted by Crippen LogP contribution is -2.01. The van der Waals surface area contributed by atoms with Gasteiger partial charge in [0, 0.05) is 22.8 Å². The number of halogens is 1. The Hall–Kier alpha value is -1.39. The Morgan fingerprint density at radius 2 is 2.17 bits per heavy atom. The molecule has 94 valence electrons. The van der Waals surface area contributed by atoms with Crippen molar-refractivity contribution < 1.29 is 4.74 Å². The summed E-state index contributed by atoms with van der Waals surface area (Å²) in [6.45, 7) is 2.51. The molecule has 0 aliphatic rings. The number of hydrogen-bond acceptors (Lipinski definition) is 3. The van der Waals surface area contributed by atoms with Crippen molar-refractivity contribution >= 4 is 15.9 Å². The molecule has 2 rings (SSSR count). The summed E-state index contributed by atoms with van der Waals surface area (Å²) >= 11 is 3.37. The van der Waals surface area contributed by atoms with E-state index in [2.05, 4.69) is 33.9 Å². The van der Waals surface area contributed by atoms with Crippen molar-refractivity contribution in [2.45, 2.75) is 19.9 Å². The van der Waals surface area contributed by atoms with Crippen molar-refractivity contribution in [2.75, 3.05) is 0 Å². The van der Waals surface area contributed by atoms with Crippen molar-refractivity contribution in [1.29, 1.82) is 0 Å². The van der Waals surface area contributed by atoms with Crippen LogP contribution >= 0.6 is 15.9 Å². The fourth-order valence-corrected chi connectivity index (χ4v) is 2.03. The summed E-state index contributed by atoms with van der Waals surface area (Å²) in [5, 5.41) is 0. The first-order valence-electron chi connectivity index (χ1n) is 5.84. The number of aryl methyl sites for hydroxylation is 1. The molecule has 1 heterocycles. The van der Waals surface area contributed by atoms with Gasteiger partial charge in [-0.05, 0) is 46.1 Å². The van der Waals surface area contributed by atoms with E-state index in [9.17, 15) is 0 Å². The standard InChI is InChI=1S/C14H15BrN2O/c1-2-10-4-3-5-13(6-10)18-14-11(8-16)7-12(15)9-17-14/h3-7,9H,2,8,16H2,1H3. The molecule has 0 radical (unpaired) electrons. The molecule has 0 amide bonds. The summed E-state index contributed by atoms with van der Waals surface area (Å²) in [6.07, 6.45) is 2.69. The van der Waals surface area contributed by atoms with E-state index in [4.69, 9.17) is 10.5 Å². The molecule has 2 aromatic rings. The quantitative estimate of drug-likeness (QED) is 0.938. The van der Waals surface area contributed by atoms with Crippen molar-refractivity contribution in [1.82, 2.24) is 4.98 Å². The summed E-state index contributed by atoms with van der Waals surface area (Å²) in [5.74, 6) is 1.35. The van der Waals surface area contributed by atoms with E-state index in [1.54, 1.807) is 6.20 Å². The van der Waals surface area contributed by atoms with Crippen LogP contribution in [0.4, 0.5) is 0 Å². The Morgan fingerprint density at radius 3 is 2.89 bits per heavy atom. The molecule has 0 aliphatic heterocycles. The average Bonchev–Trinajstić information content (AvgIpc) is 2.41. The first-order chi connectivity index (χ1) is 8.72. The van der Waals surface area contributed by atoms with Gasteiger partial charge in [-0.3, -0.25) is 0 Å². The third-order valence-corrected chi connectivity index (χ3v) is 3.07. The van der Waals surface area contributed by atoms with E-state index in [-0.39, 0.29) is 0 Å². The molecule has 0 spiro atoms. The molecule has 0 fully saturated rings. The number of ether oxygens (including phenoxy) is 1. The highest BCUT2D eigenvalue weighted by Crippen LogP contribution is 2.25. The zero-order valence-electron chi connectivity index (χ0n) is 10.2. The van der Waals surface area contributed by atoms with Crippen LogP contribution in [0.25, 0.3) is 0 Å². The lowest BCUT2D eigenvalue weighted by Gasteiger charge is -2.09. The Bertz CT molecular complexity index is 543. The Labute approximate surface area is 115 Å². The maximum atomic E-state index is 5.79. The molecule has 0 saturated heterocycles. The minimum absolute atomic E-state index is 0.398. The van der Waals surface area contributed by atoms with Crippen LogP contribution in [0.2, 0.25) is 0 Å². The molecule has 1 aromatic heterocycles. The minimum Gasteiger partial charge on any atom is -0.439 e. The Morgan fingerprint density at radius 1 is 1.33 bits per heavy atom. The molecular weight excluding hydrogens is 292 g/mol. The van der Waals surface area contributed by atoms with Crippen LogP contribution in [0.15, 0.2) is 41.0 Å². The third kappa shape index (κ3) is 3.09. The van der Waals surface area contributed by atoms with E-state index in [0.717, 1.165) is 22.2 Å². The highest BCUT2D eigenvalue weighted by molar-refractivity contribution is 9.10. The molecular formula is C14H15BrN2O. The highest BCUT2D eigenvalue weighted by atomic mass is 79.9. The third-order valence-electron chi connectivity index (χ3n) is 2.63. The van der Waals surface area contributed by atoms with E-state index in [0.29, 0.717) is 12.4 Å². The van der Waals surface area contributed by atoms with Gasteiger partial charge in [-0.25, -0.2) is 4.98 Å². The molecule has 2 N–H and O–H groups in total. The second kappa shape index (κ2) is 5.98. The smallest absolute Gasteiger partial charge is 0.223 e. The Balaban J connectivity index is 2.27. The van der Waals surface area contributed by atoms with Crippen molar-refractivity contribution in [3.05, 3.63) is 52.1 Å². The lowest BCUT2D eigenvalue weighted by molar-refractivity contribution is 0.455. The van der Waals surface area contributed by atoms with Crippen molar-refractivity contribution in [3.8, 4) is 11.6 Å². The minimum atomic E-state index is 0.398. The number of pyridine rings is 1. The number of nitrogens with zero attached hydrogens (tertiary/aromatic N) is 1. The van der Waals surface area contributed by atoms with E-state index < -0.39 is 0 Å². The fraction of sp³-hybridized carbons (Fsp3) is 0.214. The normalized spacial score (nSPS) is 10.4. The average molecular weight is 307 g/mol. The SMILES string of the molecule is CCc1cccc(Oc2ncc(Br)cc2CN)c1. The van der Waals surface area contributed by atoms with Gasteiger partial charge in [-0.15, -0.1) is 0 Å². The van der Waals surface area contributed by atoms with Crippen LogP contribution in [0, 0.1) is 0 Å². The van der Waals surface area contributed by atoms with Crippen LogP contribution in [0.1, 0.15) is 18.1 Å². The number of nitrogens with two attached hydrogens (primary N) is 1. The maximum absolute atomic E-state index is 5.79. The lowest BCUT2D eigenvalue weighted by atomic mass is 10.2. The van der Waals surface area contributed by atoms with Crippen LogP contribution < -0.4 is 10.5 Å². The highest BCUT2D eigenvalue weighted by Gasteiger charge is 2.06. The summed E-state index contributed by atoms with van der Waals surface area (Å²) in [6, 6.07) is 9.92. The molecule has 1 aromatic carbocycles. The predicted octanol–water partition coefficient (Wildman–Crippen LogP) is 3.66. The van der Waals surface area contributed by atoms with Gasteiger partial charge in [-0.2, -0.15) is 0 Å². The molecule has 4 heteroatoms. The number of benzene rings is 1. The molecule has 0 bridgehead atoms. The van der Waals surface area contributed by atoms with Gasteiger partial charge in [0.25, 0.3) is 0 Å². The summed E-state index contributed by atoms with van der Waals surface area (Å²) in [5.41, 5.74) is 7.80. The zero-order chi connectivity index (χ0) is 13.0. The van der Waals surface area contributed by atoms with Gasteiger partial charge >= 0.3 is 0 Å². The van der Waals surface area contributed by atoms with Crippen LogP contribution in [0.5, 0.6) is 11.6 Å². The first kappa shape index (κ1) is 13.1. The largest absolute Gasteiger partial charge is 0.439 e. The fourth-order valence-electron chi connectivity index (χ4n) is 1.65. The zero-order valence-corrected chi connectivity index (χ0v) is 11.8. The summed E-state index contributed by atoms with van der Waals surface area (Å²) in [7, 11) is 0. The second-order valence-corrected chi connectivity index (χ2v) is 4.84. The monoisotopic (exact) mass is 306 g/mol. The Kier molecular flexibility index (Phi) is 4.33. The number of rotatable bonds is 4. The number of hydrogen-bond donors (Lipinski definition) is 1. The molecule has 0 unspecified atom stereocenters. The second-order valence-electron chi connectivity index (χ2n) is 3.92. The molecule has 0 saturated carbocycles. The van der Waals surface area contributed by atoms with E-state index >= 15 is 0 Å². The van der Waals surface area contributed by atoms with E-state index in [1.165, 1.54) is 5.56 Å². The van der Waals surface area contributed by atoms with Crippen LogP contribution in [0.3, 0.4) is 0 Å². The maximum Gasteiger partial charge on any atom is 0.223 e. The molecule has 18 heavy (non-hydrogen) atoms. The molecule has 0 atom stereocenters. The van der Waals surface area contributed by atoms with Gasteiger partial charge in [0.2, 0.25) is 5.88 Å². The summed E-state index contributed by atoms with van der Waals surface area (Å²) < 4.78 is 6.69. The van der Waals surface area contributed by atoms with Gasteiger partial charge in [-0.1, -0.05) is 19.1 Å². The van der Waals surface area contributed by atoms with Crippen molar-refractivity contribution in [2.24, 2.45) is 5.73 Å². The predicted molar refractivity (Wildman–Crippen MR) is 75.7 cm³/mol. The topological polar surface area (TPSA) is 48.1 Å². The summed E-state index contributed by atoms with van der Waals surface area (Å²) in [4.78, 5) is 4.25. The van der Waals surface area contributed by atoms with Gasteiger partial charge < -0.3 is 10.5 Å².